The van der Waals surface area contributed by atoms with Gasteiger partial charge in [-0.1, -0.05) is 54.6 Å². The van der Waals surface area contributed by atoms with E-state index in [1.165, 1.54) is 27.7 Å². The van der Waals surface area contributed by atoms with Gasteiger partial charge in [0.1, 0.15) is 19.5 Å². The van der Waals surface area contributed by atoms with Gasteiger partial charge in [0.15, 0.2) is 0 Å². The zero-order valence-corrected chi connectivity index (χ0v) is 25.2. The second-order valence-corrected chi connectivity index (χ2v) is 10.6. The standard InChI is InChI=1S/C29H30N6.Ag.ClHO4/c1-20-16-22(3)34(30-20)18-32-26-14-8-12-24-13-9-15-27(28(24)26)33(19-35-23(4)17-21(2)31-35)29(32)25-10-6-5-7-11-25;;2-1(3,4)5/h5-17,29H,18-19H2,1-4H3;;(H,2,3,4,5)/q;+1;/p-1. The van der Waals surface area contributed by atoms with Crippen molar-refractivity contribution in [1.82, 2.24) is 19.6 Å². The van der Waals surface area contributed by atoms with Crippen LogP contribution in [0.15, 0.2) is 78.9 Å². The molecule has 0 N–H and O–H groups in total. The molecule has 12 heteroatoms. The third kappa shape index (κ3) is 6.83. The summed E-state index contributed by atoms with van der Waals surface area (Å²) < 4.78 is 38.2. The van der Waals surface area contributed by atoms with Crippen molar-refractivity contribution in [3.8, 4) is 0 Å². The fraction of sp³-hybridized carbons (Fsp3) is 0.241. The van der Waals surface area contributed by atoms with Crippen LogP contribution in [0.1, 0.15) is 34.5 Å². The van der Waals surface area contributed by atoms with Crippen molar-refractivity contribution in [2.24, 2.45) is 0 Å². The average molecular weight is 670 g/mol. The molecule has 0 saturated heterocycles. The zero-order chi connectivity index (χ0) is 28.6. The van der Waals surface area contributed by atoms with E-state index in [4.69, 9.17) is 28.8 Å². The summed E-state index contributed by atoms with van der Waals surface area (Å²) in [5.74, 6) is 0. The van der Waals surface area contributed by atoms with Crippen LogP contribution in [0.3, 0.4) is 0 Å². The predicted molar refractivity (Wildman–Crippen MR) is 141 cm³/mol. The number of benzene rings is 3. The molecule has 0 unspecified atom stereocenters. The van der Waals surface area contributed by atoms with Gasteiger partial charge in [-0.05, 0) is 62.9 Å². The molecule has 0 amide bonds. The Balaban J connectivity index is 0.000000596. The summed E-state index contributed by atoms with van der Waals surface area (Å²) in [6, 6.07) is 28.3. The minimum Gasteiger partial charge on any atom is -0.327 e. The number of aryl methyl sites for hydroxylation is 4. The molecule has 10 nitrogen and oxygen atoms in total. The van der Waals surface area contributed by atoms with Crippen LogP contribution in [-0.4, -0.2) is 19.6 Å². The van der Waals surface area contributed by atoms with Crippen LogP contribution in [0.4, 0.5) is 11.4 Å². The van der Waals surface area contributed by atoms with Gasteiger partial charge in [0.05, 0.1) is 22.8 Å². The van der Waals surface area contributed by atoms with Crippen LogP contribution in [0, 0.1) is 37.9 Å². The summed E-state index contributed by atoms with van der Waals surface area (Å²) in [7, 11) is -4.94. The van der Waals surface area contributed by atoms with Gasteiger partial charge >= 0.3 is 22.4 Å². The zero-order valence-electron chi connectivity index (χ0n) is 23.0. The molecule has 2 aromatic heterocycles. The average Bonchev–Trinajstić information content (AvgIpc) is 3.39. The first kappa shape index (κ1) is 30.8. The summed E-state index contributed by atoms with van der Waals surface area (Å²) in [6.45, 7) is 9.67. The summed E-state index contributed by atoms with van der Waals surface area (Å²) >= 11 is 0. The molecule has 41 heavy (non-hydrogen) atoms. The van der Waals surface area contributed by atoms with Crippen LogP contribution in [-0.2, 0) is 35.7 Å². The fourth-order valence-electron chi connectivity index (χ4n) is 5.43. The van der Waals surface area contributed by atoms with Gasteiger partial charge in [0.25, 0.3) is 0 Å². The molecule has 218 valence electrons. The van der Waals surface area contributed by atoms with E-state index in [9.17, 15) is 0 Å². The number of halogens is 1. The van der Waals surface area contributed by atoms with Crippen molar-refractivity contribution in [1.29, 1.82) is 0 Å². The Kier molecular flexibility index (Phi) is 9.27. The van der Waals surface area contributed by atoms with Gasteiger partial charge in [-0.25, -0.2) is 28.0 Å². The normalized spacial score (nSPS) is 13.2. The molecule has 0 saturated carbocycles. The van der Waals surface area contributed by atoms with Gasteiger partial charge in [-0.2, -0.15) is 10.2 Å². The Hall–Kier alpha value is -3.19. The van der Waals surface area contributed by atoms with Crippen LogP contribution < -0.4 is 28.4 Å². The number of aromatic nitrogens is 4. The first-order chi connectivity index (χ1) is 19.0. The molecule has 0 spiro atoms. The molecule has 5 aromatic rings. The first-order valence-corrected chi connectivity index (χ1v) is 14.0. The molecule has 1 aliphatic heterocycles. The maximum Gasteiger partial charge on any atom is 1.00 e. The van der Waals surface area contributed by atoms with E-state index >= 15 is 0 Å². The van der Waals surface area contributed by atoms with Crippen molar-refractivity contribution in [3.05, 3.63) is 107 Å². The smallest absolute Gasteiger partial charge is 0.327 e. The minimum absolute atomic E-state index is 0. The van der Waals surface area contributed by atoms with E-state index in [0.29, 0.717) is 13.3 Å². The van der Waals surface area contributed by atoms with Gasteiger partial charge in [0, 0.05) is 16.8 Å². The molecular weight excluding hydrogens is 640 g/mol. The quantitative estimate of drug-likeness (QED) is 0.256. The molecule has 0 atom stereocenters. The second kappa shape index (κ2) is 12.4. The summed E-state index contributed by atoms with van der Waals surface area (Å²) in [6.07, 6.45) is -0.0236. The molecule has 0 radical (unpaired) electrons. The summed E-state index contributed by atoms with van der Waals surface area (Å²) in [5.41, 5.74) is 8.08. The van der Waals surface area contributed by atoms with Crippen molar-refractivity contribution in [2.75, 3.05) is 9.80 Å². The van der Waals surface area contributed by atoms with E-state index in [0.717, 1.165) is 22.8 Å². The van der Waals surface area contributed by atoms with Crippen molar-refractivity contribution < 1.29 is 51.3 Å². The Morgan fingerprint density at radius 2 is 1.10 bits per heavy atom. The molecule has 3 aromatic carbocycles. The summed E-state index contributed by atoms with van der Waals surface area (Å²) in [4.78, 5) is 4.96. The molecule has 6 rings (SSSR count). The van der Waals surface area contributed by atoms with E-state index in [1.807, 2.05) is 0 Å². The van der Waals surface area contributed by atoms with Crippen molar-refractivity contribution in [3.63, 3.8) is 0 Å². The fourth-order valence-corrected chi connectivity index (χ4v) is 5.43. The predicted octanol–water partition coefficient (Wildman–Crippen LogP) is 1.35. The number of hydrogen-bond donors (Lipinski definition) is 0. The van der Waals surface area contributed by atoms with Crippen molar-refractivity contribution >= 4 is 22.1 Å². The topological polar surface area (TPSA) is 134 Å². The number of anilines is 2. The largest absolute Gasteiger partial charge is 1.00 e. The minimum atomic E-state index is -4.94. The third-order valence-electron chi connectivity index (χ3n) is 6.95. The Morgan fingerprint density at radius 3 is 1.49 bits per heavy atom. The Labute approximate surface area is 256 Å². The monoisotopic (exact) mass is 668 g/mol. The van der Waals surface area contributed by atoms with Crippen LogP contribution in [0.25, 0.3) is 10.8 Å². The molecule has 1 aliphatic rings. The first-order valence-electron chi connectivity index (χ1n) is 12.7. The number of nitrogens with zero attached hydrogens (tertiary/aromatic N) is 6. The van der Waals surface area contributed by atoms with E-state index in [-0.39, 0.29) is 28.5 Å². The third-order valence-corrected chi connectivity index (χ3v) is 6.95. The van der Waals surface area contributed by atoms with E-state index in [1.54, 1.807) is 0 Å². The molecular formula is C29H30AgClN6O4. The second-order valence-electron chi connectivity index (χ2n) is 9.89. The Bertz CT molecular complexity index is 1540. The molecule has 0 fully saturated rings. The molecule has 3 heterocycles. The maximum absolute atomic E-state index is 8.49. The summed E-state index contributed by atoms with van der Waals surface area (Å²) in [5, 5.41) is 12.1. The van der Waals surface area contributed by atoms with Gasteiger partial charge in [-0.3, -0.25) is 0 Å². The number of rotatable bonds is 5. The van der Waals surface area contributed by atoms with Crippen LogP contribution >= 0.6 is 0 Å². The Morgan fingerprint density at radius 1 is 0.659 bits per heavy atom. The SMILES string of the molecule is Cc1cc(C)n(CN2c3cccc4cccc(c34)N(Cn3nc(C)cc3C)C2c2ccccc2)n1.[Ag+].[O-][Cl+3]([O-])([O-])[O-]. The van der Waals surface area contributed by atoms with Gasteiger partial charge in [-0.15, -0.1) is 10.2 Å². The van der Waals surface area contributed by atoms with Crippen LogP contribution in [0.5, 0.6) is 0 Å². The molecule has 0 aliphatic carbocycles. The van der Waals surface area contributed by atoms with Gasteiger partial charge < -0.3 is 9.80 Å². The maximum atomic E-state index is 8.49. The van der Waals surface area contributed by atoms with Gasteiger partial charge in [0.2, 0.25) is 0 Å². The molecule has 0 bridgehead atoms. The number of hydrogen-bond acceptors (Lipinski definition) is 8. The van der Waals surface area contributed by atoms with E-state index in [2.05, 4.69) is 126 Å². The van der Waals surface area contributed by atoms with Crippen LogP contribution in [0.2, 0.25) is 0 Å². The van der Waals surface area contributed by atoms with E-state index < -0.39 is 10.2 Å². The van der Waals surface area contributed by atoms with Crippen molar-refractivity contribution in [2.45, 2.75) is 47.2 Å².